The van der Waals surface area contributed by atoms with Gasteiger partial charge in [-0.1, -0.05) is 30.3 Å². The topological polar surface area (TPSA) is 63.5 Å². The van der Waals surface area contributed by atoms with Crippen molar-refractivity contribution in [3.8, 4) is 22.7 Å². The number of ether oxygens (including phenoxy) is 1. The van der Waals surface area contributed by atoms with Crippen molar-refractivity contribution in [3.05, 3.63) is 77.9 Å². The van der Waals surface area contributed by atoms with Crippen LogP contribution in [0, 0.1) is 0 Å². The maximum absolute atomic E-state index is 13.7. The number of hydrogen-bond donors (Lipinski definition) is 0. The summed E-state index contributed by atoms with van der Waals surface area (Å²) in [6, 6.07) is 17.5. The summed E-state index contributed by atoms with van der Waals surface area (Å²) in [5.41, 5.74) is 3.01. The summed E-state index contributed by atoms with van der Waals surface area (Å²) < 4.78 is 7.19. The second-order valence-corrected chi connectivity index (χ2v) is 8.72. The molecular weight excluding hydrogens is 434 g/mol. The van der Waals surface area contributed by atoms with Gasteiger partial charge in [-0.2, -0.15) is 5.10 Å². The number of amides is 1. The molecule has 0 unspecified atom stereocenters. The molecule has 2 aromatic carbocycles. The zero-order chi connectivity index (χ0) is 22.6. The molecule has 2 aromatic heterocycles. The van der Waals surface area contributed by atoms with Crippen molar-refractivity contribution in [1.29, 1.82) is 0 Å². The molecule has 7 nitrogen and oxygen atoms in total. The molecule has 1 saturated heterocycles. The molecule has 1 fully saturated rings. The molecule has 5 rings (SSSR count). The summed E-state index contributed by atoms with van der Waals surface area (Å²) in [5.74, 6) is 0.727. The van der Waals surface area contributed by atoms with E-state index in [1.807, 2.05) is 77.3 Å². The Balaban J connectivity index is 1.48. The highest BCUT2D eigenvalue weighted by Gasteiger charge is 2.26. The summed E-state index contributed by atoms with van der Waals surface area (Å²) in [6.07, 6.45) is 4.56. The van der Waals surface area contributed by atoms with E-state index < -0.39 is 0 Å². The number of hydrogen-bond acceptors (Lipinski definition) is 6. The number of benzene rings is 2. The van der Waals surface area contributed by atoms with Crippen molar-refractivity contribution in [2.45, 2.75) is 6.42 Å². The van der Waals surface area contributed by atoms with Crippen LogP contribution in [0.3, 0.4) is 0 Å². The van der Waals surface area contributed by atoms with Crippen molar-refractivity contribution in [3.63, 3.8) is 0 Å². The van der Waals surface area contributed by atoms with Crippen LogP contribution in [-0.4, -0.2) is 58.9 Å². The largest absolute Gasteiger partial charge is 0.497 e. The molecule has 0 atom stereocenters. The Bertz CT molecular complexity index is 1220. The Hall–Kier alpha value is -3.65. The van der Waals surface area contributed by atoms with E-state index in [0.717, 1.165) is 41.6 Å². The van der Waals surface area contributed by atoms with E-state index in [1.165, 1.54) is 0 Å². The number of carbonyl (C=O) groups is 1. The van der Waals surface area contributed by atoms with Gasteiger partial charge in [0.05, 0.1) is 18.4 Å². The number of methoxy groups -OCH3 is 1. The average Bonchev–Trinajstić information content (AvgIpc) is 3.50. The Morgan fingerprint density at radius 2 is 1.91 bits per heavy atom. The molecule has 4 aromatic rings. The third-order valence-corrected chi connectivity index (χ3v) is 6.61. The number of para-hydroxylation sites is 1. The molecule has 0 aliphatic carbocycles. The Labute approximate surface area is 196 Å². The molecule has 1 aliphatic rings. The van der Waals surface area contributed by atoms with Gasteiger partial charge in [0.25, 0.3) is 5.91 Å². The molecule has 0 radical (unpaired) electrons. The summed E-state index contributed by atoms with van der Waals surface area (Å²) in [7, 11) is 1.64. The van der Waals surface area contributed by atoms with Gasteiger partial charge in [0, 0.05) is 49.5 Å². The van der Waals surface area contributed by atoms with E-state index in [0.29, 0.717) is 24.3 Å². The lowest BCUT2D eigenvalue weighted by molar-refractivity contribution is 0.0767. The molecule has 168 valence electrons. The zero-order valence-electron chi connectivity index (χ0n) is 18.4. The van der Waals surface area contributed by atoms with Gasteiger partial charge in [-0.15, -0.1) is 11.3 Å². The highest BCUT2D eigenvalue weighted by molar-refractivity contribution is 7.13. The Morgan fingerprint density at radius 3 is 2.70 bits per heavy atom. The first kappa shape index (κ1) is 21.2. The van der Waals surface area contributed by atoms with Gasteiger partial charge in [0.15, 0.2) is 5.13 Å². The van der Waals surface area contributed by atoms with Gasteiger partial charge in [0.1, 0.15) is 11.4 Å². The second kappa shape index (κ2) is 9.46. The number of carbonyl (C=O) groups excluding carboxylic acids is 1. The lowest BCUT2D eigenvalue weighted by Gasteiger charge is -2.21. The number of thiazole rings is 1. The molecule has 0 N–H and O–H groups in total. The fourth-order valence-corrected chi connectivity index (χ4v) is 4.78. The van der Waals surface area contributed by atoms with Crippen LogP contribution >= 0.6 is 11.3 Å². The predicted octanol–water partition coefficient (Wildman–Crippen LogP) is 4.36. The van der Waals surface area contributed by atoms with Crippen LogP contribution in [0.4, 0.5) is 5.13 Å². The second-order valence-electron chi connectivity index (χ2n) is 7.85. The Kier molecular flexibility index (Phi) is 6.08. The summed E-state index contributed by atoms with van der Waals surface area (Å²) in [6.45, 7) is 3.01. The summed E-state index contributed by atoms with van der Waals surface area (Å²) in [5, 5.41) is 7.82. The molecule has 0 spiro atoms. The monoisotopic (exact) mass is 459 g/mol. The third-order valence-electron chi connectivity index (χ3n) is 5.78. The molecule has 3 heterocycles. The van der Waals surface area contributed by atoms with Crippen LogP contribution in [0.25, 0.3) is 16.9 Å². The zero-order valence-corrected chi connectivity index (χ0v) is 19.2. The lowest BCUT2D eigenvalue weighted by atomic mass is 10.1. The quantitative estimate of drug-likeness (QED) is 0.444. The summed E-state index contributed by atoms with van der Waals surface area (Å²) in [4.78, 5) is 22.4. The molecular formula is C25H25N5O2S. The summed E-state index contributed by atoms with van der Waals surface area (Å²) >= 11 is 1.64. The van der Waals surface area contributed by atoms with Gasteiger partial charge in [0.2, 0.25) is 0 Å². The molecule has 33 heavy (non-hydrogen) atoms. The van der Waals surface area contributed by atoms with Crippen LogP contribution in [0.5, 0.6) is 5.75 Å². The SMILES string of the molecule is COc1cccc(-c2nn(-c3ccccc3)cc2C(=O)N2CCCN(c3nccs3)CC2)c1. The van der Waals surface area contributed by atoms with E-state index in [4.69, 9.17) is 9.84 Å². The first-order chi connectivity index (χ1) is 16.2. The van der Waals surface area contributed by atoms with E-state index in [2.05, 4.69) is 9.88 Å². The number of rotatable bonds is 5. The smallest absolute Gasteiger partial charge is 0.257 e. The molecule has 1 aliphatic heterocycles. The van der Waals surface area contributed by atoms with Gasteiger partial charge in [-0.05, 0) is 30.7 Å². The minimum Gasteiger partial charge on any atom is -0.497 e. The highest BCUT2D eigenvalue weighted by Crippen LogP contribution is 2.28. The first-order valence-corrected chi connectivity index (χ1v) is 11.8. The molecule has 1 amide bonds. The average molecular weight is 460 g/mol. The van der Waals surface area contributed by atoms with Crippen LogP contribution in [0.1, 0.15) is 16.8 Å². The van der Waals surface area contributed by atoms with Gasteiger partial charge in [-0.25, -0.2) is 9.67 Å². The van der Waals surface area contributed by atoms with Crippen molar-refractivity contribution >= 4 is 22.4 Å². The van der Waals surface area contributed by atoms with Gasteiger partial charge < -0.3 is 14.5 Å². The van der Waals surface area contributed by atoms with E-state index in [9.17, 15) is 4.79 Å². The van der Waals surface area contributed by atoms with Crippen molar-refractivity contribution in [2.75, 3.05) is 38.2 Å². The minimum atomic E-state index is -0.00371. The molecule has 0 saturated carbocycles. The molecule has 0 bridgehead atoms. The standard InChI is InChI=1S/C25H25N5O2S/c1-32-21-10-5-7-19(17-21)23-22(18-30(27-23)20-8-3-2-4-9-20)24(31)28-12-6-13-29(15-14-28)25-26-11-16-33-25/h2-5,7-11,16-18H,6,12-15H2,1H3. The number of anilines is 1. The minimum absolute atomic E-state index is 0.00371. The van der Waals surface area contributed by atoms with Crippen LogP contribution in [0.15, 0.2) is 72.4 Å². The maximum atomic E-state index is 13.7. The van der Waals surface area contributed by atoms with E-state index >= 15 is 0 Å². The van der Waals surface area contributed by atoms with E-state index in [-0.39, 0.29) is 5.91 Å². The normalized spacial score (nSPS) is 14.2. The number of nitrogens with zero attached hydrogens (tertiary/aromatic N) is 5. The van der Waals surface area contributed by atoms with E-state index in [1.54, 1.807) is 23.1 Å². The van der Waals surface area contributed by atoms with Crippen molar-refractivity contribution < 1.29 is 9.53 Å². The van der Waals surface area contributed by atoms with Crippen LogP contribution in [-0.2, 0) is 0 Å². The fraction of sp³-hybridized carbons (Fsp3) is 0.240. The molecule has 8 heteroatoms. The number of aromatic nitrogens is 3. The third kappa shape index (κ3) is 4.47. The van der Waals surface area contributed by atoms with Gasteiger partial charge in [-0.3, -0.25) is 4.79 Å². The lowest BCUT2D eigenvalue weighted by Crippen LogP contribution is -2.35. The van der Waals surface area contributed by atoms with Crippen molar-refractivity contribution in [1.82, 2.24) is 19.7 Å². The fourth-order valence-electron chi connectivity index (χ4n) is 4.08. The van der Waals surface area contributed by atoms with Crippen molar-refractivity contribution in [2.24, 2.45) is 0 Å². The van der Waals surface area contributed by atoms with Crippen LogP contribution in [0.2, 0.25) is 0 Å². The highest BCUT2D eigenvalue weighted by atomic mass is 32.1. The first-order valence-electron chi connectivity index (χ1n) is 11.0. The van der Waals surface area contributed by atoms with Gasteiger partial charge >= 0.3 is 0 Å². The Morgan fingerprint density at radius 1 is 1.03 bits per heavy atom. The van der Waals surface area contributed by atoms with Crippen LogP contribution < -0.4 is 9.64 Å². The predicted molar refractivity (Wildman–Crippen MR) is 130 cm³/mol. The maximum Gasteiger partial charge on any atom is 0.257 e.